The van der Waals surface area contributed by atoms with Gasteiger partial charge < -0.3 is 5.32 Å². The van der Waals surface area contributed by atoms with Crippen LogP contribution in [0.1, 0.15) is 43.5 Å². The van der Waals surface area contributed by atoms with Gasteiger partial charge in [-0.3, -0.25) is 4.90 Å². The van der Waals surface area contributed by atoms with Crippen LogP contribution in [0.5, 0.6) is 0 Å². The van der Waals surface area contributed by atoms with E-state index in [0.717, 1.165) is 6.04 Å². The Labute approximate surface area is 108 Å². The van der Waals surface area contributed by atoms with Crippen molar-refractivity contribution in [3.8, 4) is 0 Å². The van der Waals surface area contributed by atoms with Crippen LogP contribution in [0.15, 0.2) is 17.5 Å². The molecule has 3 heteroatoms. The highest BCUT2D eigenvalue weighted by atomic mass is 32.1. The van der Waals surface area contributed by atoms with Gasteiger partial charge in [-0.15, -0.1) is 11.3 Å². The fourth-order valence-corrected chi connectivity index (χ4v) is 4.13. The topological polar surface area (TPSA) is 15.3 Å². The lowest BCUT2D eigenvalue weighted by atomic mass is 9.98. The van der Waals surface area contributed by atoms with Crippen LogP contribution in [0.2, 0.25) is 0 Å². The summed E-state index contributed by atoms with van der Waals surface area (Å²) in [6, 6.07) is 6.44. The van der Waals surface area contributed by atoms with Gasteiger partial charge in [0.1, 0.15) is 0 Å². The molecule has 1 aromatic heterocycles. The van der Waals surface area contributed by atoms with Crippen LogP contribution in [0.4, 0.5) is 0 Å². The maximum atomic E-state index is 3.85. The Morgan fingerprint density at radius 2 is 2.29 bits per heavy atom. The van der Waals surface area contributed by atoms with Gasteiger partial charge in [-0.25, -0.2) is 0 Å². The van der Waals surface area contributed by atoms with Gasteiger partial charge in [-0.05, 0) is 44.2 Å². The van der Waals surface area contributed by atoms with Crippen molar-refractivity contribution < 1.29 is 0 Å². The first-order chi connectivity index (χ1) is 8.34. The maximum absolute atomic E-state index is 3.85. The number of nitrogens with one attached hydrogen (secondary N) is 1. The molecule has 17 heavy (non-hydrogen) atoms. The van der Waals surface area contributed by atoms with E-state index in [1.807, 2.05) is 11.3 Å². The molecule has 2 aliphatic heterocycles. The van der Waals surface area contributed by atoms with Gasteiger partial charge >= 0.3 is 0 Å². The fourth-order valence-electron chi connectivity index (χ4n) is 3.38. The minimum absolute atomic E-state index is 0.516. The van der Waals surface area contributed by atoms with Gasteiger partial charge in [0.05, 0.1) is 0 Å². The number of nitrogens with zero attached hydrogens (tertiary/aromatic N) is 1. The molecule has 1 N–H and O–H groups in total. The zero-order valence-electron chi connectivity index (χ0n) is 10.6. The summed E-state index contributed by atoms with van der Waals surface area (Å²) in [5, 5.41) is 6.02. The molecule has 0 radical (unpaired) electrons. The molecule has 0 aliphatic carbocycles. The van der Waals surface area contributed by atoms with Crippen LogP contribution in [0.25, 0.3) is 0 Å². The summed E-state index contributed by atoms with van der Waals surface area (Å²) < 4.78 is 0. The van der Waals surface area contributed by atoms with E-state index in [1.165, 1.54) is 43.6 Å². The van der Waals surface area contributed by atoms with Crippen LogP contribution in [0, 0.1) is 0 Å². The van der Waals surface area contributed by atoms with Crippen molar-refractivity contribution in [3.63, 3.8) is 0 Å². The van der Waals surface area contributed by atoms with Crippen LogP contribution in [0.3, 0.4) is 0 Å². The predicted octanol–water partition coefficient (Wildman–Crippen LogP) is 3.03. The van der Waals surface area contributed by atoms with Crippen LogP contribution in [-0.2, 0) is 0 Å². The van der Waals surface area contributed by atoms with E-state index in [1.54, 1.807) is 0 Å². The largest absolute Gasteiger partial charge is 0.305 e. The summed E-state index contributed by atoms with van der Waals surface area (Å²) in [4.78, 5) is 4.17. The lowest BCUT2D eigenvalue weighted by molar-refractivity contribution is 0.177. The number of rotatable bonds is 3. The number of hydrogen-bond donors (Lipinski definition) is 1. The average Bonchev–Trinajstić information content (AvgIpc) is 2.98. The summed E-state index contributed by atoms with van der Waals surface area (Å²) in [5.41, 5.74) is 0. The number of piperidine rings is 1. The van der Waals surface area contributed by atoms with E-state index >= 15 is 0 Å². The van der Waals surface area contributed by atoms with E-state index in [4.69, 9.17) is 0 Å². The summed E-state index contributed by atoms with van der Waals surface area (Å²) in [5.74, 6) is 0. The molecular formula is C14H22N2S. The van der Waals surface area contributed by atoms with Gasteiger partial charge in [0, 0.05) is 29.5 Å². The minimum atomic E-state index is 0.516. The van der Waals surface area contributed by atoms with Gasteiger partial charge in [-0.2, -0.15) is 0 Å². The second kappa shape index (κ2) is 5.09. The molecule has 1 aromatic rings. The molecule has 0 amide bonds. The van der Waals surface area contributed by atoms with Crippen molar-refractivity contribution >= 4 is 11.3 Å². The van der Waals surface area contributed by atoms with Gasteiger partial charge in [0.25, 0.3) is 0 Å². The second-order valence-corrected chi connectivity index (χ2v) is 6.38. The van der Waals surface area contributed by atoms with Crippen molar-refractivity contribution in [2.24, 2.45) is 0 Å². The van der Waals surface area contributed by atoms with Crippen LogP contribution < -0.4 is 5.32 Å². The third kappa shape index (κ3) is 2.42. The Hall–Kier alpha value is -0.380. The molecule has 2 fully saturated rings. The molecule has 3 rings (SSSR count). The summed E-state index contributed by atoms with van der Waals surface area (Å²) in [7, 11) is 0. The first-order valence-electron chi connectivity index (χ1n) is 6.88. The molecule has 3 atom stereocenters. The quantitative estimate of drug-likeness (QED) is 0.887. The predicted molar refractivity (Wildman–Crippen MR) is 73.5 cm³/mol. The normalized spacial score (nSPS) is 31.4. The molecular weight excluding hydrogens is 228 g/mol. The highest BCUT2D eigenvalue weighted by molar-refractivity contribution is 7.10. The first kappa shape index (κ1) is 11.7. The maximum Gasteiger partial charge on any atom is 0.0388 e. The van der Waals surface area contributed by atoms with Crippen LogP contribution in [-0.4, -0.2) is 30.1 Å². The van der Waals surface area contributed by atoms with Crippen LogP contribution >= 0.6 is 11.3 Å². The summed E-state index contributed by atoms with van der Waals surface area (Å²) >= 11 is 1.87. The third-order valence-electron chi connectivity index (χ3n) is 4.29. The SMILES string of the molecule is C[C@H](NC1CCN2CCCCC12)c1cccs1. The third-order valence-corrected chi connectivity index (χ3v) is 5.35. The average molecular weight is 250 g/mol. The fraction of sp³-hybridized carbons (Fsp3) is 0.714. The van der Waals surface area contributed by atoms with Gasteiger partial charge in [0.2, 0.25) is 0 Å². The number of fused-ring (bicyclic) bond motifs is 1. The van der Waals surface area contributed by atoms with E-state index in [0.29, 0.717) is 12.1 Å². The van der Waals surface area contributed by atoms with E-state index in [-0.39, 0.29) is 0 Å². The number of hydrogen-bond acceptors (Lipinski definition) is 3. The monoisotopic (exact) mass is 250 g/mol. The molecule has 2 saturated heterocycles. The lowest BCUT2D eigenvalue weighted by Gasteiger charge is -2.33. The Kier molecular flexibility index (Phi) is 3.50. The Bertz CT molecular complexity index is 349. The van der Waals surface area contributed by atoms with Gasteiger partial charge in [0.15, 0.2) is 0 Å². The Morgan fingerprint density at radius 1 is 1.35 bits per heavy atom. The zero-order chi connectivity index (χ0) is 11.7. The van der Waals surface area contributed by atoms with Crippen molar-refractivity contribution in [1.29, 1.82) is 0 Å². The van der Waals surface area contributed by atoms with Crippen molar-refractivity contribution in [2.45, 2.75) is 50.7 Å². The molecule has 3 heterocycles. The van der Waals surface area contributed by atoms with E-state index < -0.39 is 0 Å². The van der Waals surface area contributed by atoms with Crippen molar-refractivity contribution in [3.05, 3.63) is 22.4 Å². The van der Waals surface area contributed by atoms with Crippen molar-refractivity contribution in [2.75, 3.05) is 13.1 Å². The Balaban J connectivity index is 1.62. The molecule has 2 aliphatic rings. The molecule has 0 aromatic carbocycles. The van der Waals surface area contributed by atoms with Gasteiger partial charge in [-0.1, -0.05) is 12.5 Å². The molecule has 2 unspecified atom stereocenters. The van der Waals surface area contributed by atoms with E-state index in [9.17, 15) is 0 Å². The summed E-state index contributed by atoms with van der Waals surface area (Å²) in [6.45, 7) is 4.94. The van der Waals surface area contributed by atoms with Crippen molar-refractivity contribution in [1.82, 2.24) is 10.2 Å². The molecule has 0 saturated carbocycles. The second-order valence-electron chi connectivity index (χ2n) is 5.40. The summed E-state index contributed by atoms with van der Waals surface area (Å²) in [6.07, 6.45) is 5.56. The zero-order valence-corrected chi connectivity index (χ0v) is 11.4. The minimum Gasteiger partial charge on any atom is -0.305 e. The highest BCUT2D eigenvalue weighted by Crippen LogP contribution is 2.29. The standard InChI is InChI=1S/C14H22N2S/c1-11(14-6-4-10-17-14)15-12-7-9-16-8-3-2-5-13(12)16/h4,6,10-13,15H,2-3,5,7-9H2,1H3/t11-,12?,13?/m0/s1. The first-order valence-corrected chi connectivity index (χ1v) is 7.76. The Morgan fingerprint density at radius 3 is 3.12 bits per heavy atom. The molecule has 2 nitrogen and oxygen atoms in total. The molecule has 0 spiro atoms. The number of thiophene rings is 1. The highest BCUT2D eigenvalue weighted by Gasteiger charge is 2.35. The lowest BCUT2D eigenvalue weighted by Crippen LogP contribution is -2.45. The molecule has 94 valence electrons. The molecule has 0 bridgehead atoms. The smallest absolute Gasteiger partial charge is 0.0388 e. The van der Waals surface area contributed by atoms with E-state index in [2.05, 4.69) is 34.7 Å².